The van der Waals surface area contributed by atoms with E-state index in [9.17, 15) is 9.90 Å². The summed E-state index contributed by atoms with van der Waals surface area (Å²) < 4.78 is 0. The van der Waals surface area contributed by atoms with Crippen LogP contribution in [0.2, 0.25) is 0 Å². The van der Waals surface area contributed by atoms with Gasteiger partial charge in [0.25, 0.3) is 0 Å². The second-order valence-electron chi connectivity index (χ2n) is 9.84. The molecule has 0 spiro atoms. The molecule has 2 aliphatic heterocycles. The molecule has 1 N–H and O–H groups in total. The Hall–Kier alpha value is -3.93. The molecule has 3 aromatic rings. The first-order valence-corrected chi connectivity index (χ1v) is 12.6. The van der Waals surface area contributed by atoms with E-state index in [0.29, 0.717) is 6.42 Å². The van der Waals surface area contributed by atoms with Crippen LogP contribution in [0.25, 0.3) is 50.4 Å². The second-order valence-corrected chi connectivity index (χ2v) is 9.84. The molecule has 0 radical (unpaired) electrons. The van der Waals surface area contributed by atoms with Gasteiger partial charge in [-0.2, -0.15) is 0 Å². The van der Waals surface area contributed by atoms with E-state index in [2.05, 4.69) is 20.1 Å². The van der Waals surface area contributed by atoms with Crippen molar-refractivity contribution >= 4 is 56.4 Å². The first-order valence-electron chi connectivity index (χ1n) is 12.6. The molecule has 0 aliphatic carbocycles. The minimum atomic E-state index is -0.838. The maximum absolute atomic E-state index is 11.4. The summed E-state index contributed by atoms with van der Waals surface area (Å²) in [5.41, 5.74) is 14.4. The van der Waals surface area contributed by atoms with Crippen LogP contribution < -0.4 is 9.97 Å². The number of rotatable bonds is 5. The number of fused-ring (bicyclic) bond motifs is 8. The van der Waals surface area contributed by atoms with Crippen LogP contribution in [0.5, 0.6) is 0 Å². The Morgan fingerprint density at radius 1 is 0.769 bits per heavy atom. The van der Waals surface area contributed by atoms with Gasteiger partial charge in [0, 0.05) is 12.0 Å². The smallest absolute Gasteiger partial charge is 0.657 e. The molecule has 0 saturated carbocycles. The molecule has 7 heteroatoms. The van der Waals surface area contributed by atoms with E-state index in [4.69, 9.17) is 19.9 Å². The molecular formula is C32H30FeN4O2. The summed E-state index contributed by atoms with van der Waals surface area (Å²) in [5, 5.41) is 9.37. The van der Waals surface area contributed by atoms with Crippen molar-refractivity contribution in [2.75, 3.05) is 0 Å². The number of hydrogen-bond acceptors (Lipinski definition) is 3. The molecule has 0 fully saturated rings. The molecule has 0 atom stereocenters. The third-order valence-electron chi connectivity index (χ3n) is 7.66. The van der Waals surface area contributed by atoms with Gasteiger partial charge in [0.1, 0.15) is 0 Å². The molecule has 0 amide bonds. The predicted octanol–water partition coefficient (Wildman–Crippen LogP) is 6.91. The number of nitrogens with zero attached hydrogens (tertiary/aromatic N) is 4. The maximum Gasteiger partial charge on any atom is 2.00 e. The Morgan fingerprint density at radius 3 is 1.90 bits per heavy atom. The van der Waals surface area contributed by atoms with Crippen LogP contribution in [-0.4, -0.2) is 21.0 Å². The van der Waals surface area contributed by atoms with Crippen LogP contribution in [0.15, 0.2) is 43.5 Å². The predicted molar refractivity (Wildman–Crippen MR) is 155 cm³/mol. The quantitative estimate of drug-likeness (QED) is 0.342. The van der Waals surface area contributed by atoms with E-state index in [-0.39, 0.29) is 23.5 Å². The van der Waals surface area contributed by atoms with Crippen molar-refractivity contribution < 1.29 is 27.0 Å². The molecule has 6 nitrogen and oxygen atoms in total. The van der Waals surface area contributed by atoms with Gasteiger partial charge in [0.15, 0.2) is 0 Å². The van der Waals surface area contributed by atoms with Crippen LogP contribution >= 0.6 is 0 Å². The summed E-state index contributed by atoms with van der Waals surface area (Å²) in [6.45, 7) is 18.2. The van der Waals surface area contributed by atoms with Crippen molar-refractivity contribution in [3.63, 3.8) is 0 Å². The van der Waals surface area contributed by atoms with Crippen LogP contribution in [-0.2, 0) is 28.3 Å². The van der Waals surface area contributed by atoms with Gasteiger partial charge >= 0.3 is 23.0 Å². The van der Waals surface area contributed by atoms with Gasteiger partial charge in [-0.05, 0) is 63.3 Å². The Labute approximate surface area is 238 Å². The largest absolute Gasteiger partial charge is 2.00 e. The Kier molecular flexibility index (Phi) is 7.69. The number of carboxylic acid groups (broad SMARTS) is 1. The van der Waals surface area contributed by atoms with Crippen molar-refractivity contribution in [1.82, 2.24) is 19.9 Å². The van der Waals surface area contributed by atoms with E-state index in [1.54, 1.807) is 0 Å². The first kappa shape index (κ1) is 28.1. The zero-order valence-corrected chi connectivity index (χ0v) is 23.9. The van der Waals surface area contributed by atoms with E-state index in [1.807, 2.05) is 64.1 Å². The molecule has 5 rings (SSSR count). The first-order chi connectivity index (χ1) is 18.1. The summed E-state index contributed by atoms with van der Waals surface area (Å²) in [5.74, 6) is -0.838. The number of allylic oxidation sites excluding steroid dienone is 5. The van der Waals surface area contributed by atoms with E-state index < -0.39 is 5.97 Å². The summed E-state index contributed by atoms with van der Waals surface area (Å²) in [6.07, 6.45) is 4.07. The van der Waals surface area contributed by atoms with Crippen LogP contribution in [0.3, 0.4) is 0 Å². The zero-order chi connectivity index (χ0) is 27.3. The SMILES string of the molecule is C=CC1=C(C)c2cc3[n-]c(cc4nc(cc5[n-]c(cc1n2)c(C)c5C=C)C(C)=C4C)c(CCC(=O)O)c3C.[Fe+2]. The summed E-state index contributed by atoms with van der Waals surface area (Å²) in [6, 6.07) is 7.95. The van der Waals surface area contributed by atoms with Gasteiger partial charge in [0.2, 0.25) is 0 Å². The average molecular weight is 558 g/mol. The Morgan fingerprint density at radius 2 is 1.28 bits per heavy atom. The molecule has 5 heterocycles. The van der Waals surface area contributed by atoms with E-state index >= 15 is 0 Å². The third kappa shape index (κ3) is 4.84. The third-order valence-corrected chi connectivity index (χ3v) is 7.66. The van der Waals surface area contributed by atoms with Gasteiger partial charge in [-0.25, -0.2) is 9.97 Å². The van der Waals surface area contributed by atoms with Crippen molar-refractivity contribution in [2.45, 2.75) is 47.5 Å². The fraction of sp³-hybridized carbons (Fsp3) is 0.219. The molecule has 2 aliphatic rings. The molecule has 0 aromatic carbocycles. The normalized spacial score (nSPS) is 12.9. The second kappa shape index (κ2) is 10.7. The van der Waals surface area contributed by atoms with E-state index in [1.165, 1.54) is 0 Å². The summed E-state index contributed by atoms with van der Waals surface area (Å²) in [4.78, 5) is 31.2. The average Bonchev–Trinajstić information content (AvgIpc) is 3.52. The zero-order valence-electron chi connectivity index (χ0n) is 22.8. The van der Waals surface area contributed by atoms with Crippen molar-refractivity contribution in [3.05, 3.63) is 88.5 Å². The number of carbonyl (C=O) groups is 1. The molecule has 198 valence electrons. The molecule has 3 aromatic heterocycles. The molecule has 8 bridgehead atoms. The van der Waals surface area contributed by atoms with Crippen molar-refractivity contribution in [2.24, 2.45) is 0 Å². The molecule has 39 heavy (non-hydrogen) atoms. The van der Waals surface area contributed by atoms with E-state index in [0.717, 1.165) is 89.4 Å². The number of hydrogen-bond donors (Lipinski definition) is 1. The van der Waals surface area contributed by atoms with Gasteiger partial charge in [-0.3, -0.25) is 4.79 Å². The topological polar surface area (TPSA) is 91.3 Å². The minimum absolute atomic E-state index is 0. The minimum Gasteiger partial charge on any atom is -0.657 e. The van der Waals surface area contributed by atoms with Gasteiger partial charge in [-0.15, -0.1) is 22.1 Å². The van der Waals surface area contributed by atoms with Gasteiger partial charge in [-0.1, -0.05) is 66.3 Å². The Bertz CT molecular complexity index is 1780. The van der Waals surface area contributed by atoms with Gasteiger partial charge < -0.3 is 15.1 Å². The number of aromatic nitrogens is 4. The fourth-order valence-corrected chi connectivity index (χ4v) is 5.14. The Balaban J connectivity index is 0.00000353. The van der Waals surface area contributed by atoms with Crippen molar-refractivity contribution in [1.29, 1.82) is 0 Å². The van der Waals surface area contributed by atoms with Crippen LogP contribution in [0.1, 0.15) is 72.2 Å². The maximum atomic E-state index is 11.4. The summed E-state index contributed by atoms with van der Waals surface area (Å²) in [7, 11) is 0. The number of carboxylic acids is 1. The summed E-state index contributed by atoms with van der Waals surface area (Å²) >= 11 is 0. The monoisotopic (exact) mass is 558 g/mol. The number of aliphatic carboxylic acids is 1. The molecular weight excluding hydrogens is 528 g/mol. The van der Waals surface area contributed by atoms with Gasteiger partial charge in [0.05, 0.1) is 22.8 Å². The van der Waals surface area contributed by atoms with Crippen LogP contribution in [0.4, 0.5) is 0 Å². The molecule has 0 saturated heterocycles. The molecule has 0 unspecified atom stereocenters. The number of aryl methyl sites for hydroxylation is 3. The van der Waals surface area contributed by atoms with Crippen molar-refractivity contribution in [3.8, 4) is 0 Å². The van der Waals surface area contributed by atoms with Crippen LogP contribution in [0, 0.1) is 13.8 Å². The fourth-order valence-electron chi connectivity index (χ4n) is 5.14. The standard InChI is InChI=1S/C32H31N4O2.Fe/c1-8-21-18(5)26-12-27-20(7)23(10-11-32(37)38)31(36-27)14-25-17(4)16(3)24(33-25)13-29-22(9-2)19(6)28(35-29)15-30(21)34-26;/h8-9,12-15H,1-2,10-11H2,3-7H3,(H2-,33,34,35,36,37,38);/q-1;+2/p-1.